The smallest absolute Gasteiger partial charge is 0.238 e. The van der Waals surface area contributed by atoms with Crippen LogP contribution in [-0.2, 0) is 4.79 Å². The second-order valence-electron chi connectivity index (χ2n) is 11.5. The van der Waals surface area contributed by atoms with Gasteiger partial charge in [0.2, 0.25) is 5.91 Å². The highest BCUT2D eigenvalue weighted by Crippen LogP contribution is 2.15. The zero-order chi connectivity index (χ0) is 28.8. The molecule has 40 heavy (non-hydrogen) atoms. The van der Waals surface area contributed by atoms with E-state index in [1.165, 1.54) is 89.9 Å². The van der Waals surface area contributed by atoms with E-state index >= 15 is 0 Å². The molecule has 0 aromatic carbocycles. The molecule has 1 amide bonds. The van der Waals surface area contributed by atoms with Crippen LogP contribution in [0.15, 0.2) is 48.6 Å². The minimum atomic E-state index is -0.0790. The Morgan fingerprint density at radius 2 is 1.12 bits per heavy atom. The molecule has 0 bridgehead atoms. The molecule has 0 saturated carbocycles. The third-order valence-electron chi connectivity index (χ3n) is 7.73. The molecule has 1 aliphatic rings. The van der Waals surface area contributed by atoms with E-state index in [0.29, 0.717) is 6.04 Å². The molecule has 4 heteroatoms. The van der Waals surface area contributed by atoms with Gasteiger partial charge in [0.25, 0.3) is 0 Å². The van der Waals surface area contributed by atoms with Gasteiger partial charge in [0.1, 0.15) is 0 Å². The molecule has 230 valence electrons. The van der Waals surface area contributed by atoms with Crippen LogP contribution < -0.4 is 16.0 Å². The lowest BCUT2D eigenvalue weighted by Crippen LogP contribution is -2.57. The highest BCUT2D eigenvalue weighted by molar-refractivity contribution is 5.82. The van der Waals surface area contributed by atoms with Gasteiger partial charge in [-0.3, -0.25) is 4.79 Å². The van der Waals surface area contributed by atoms with Crippen molar-refractivity contribution in [3.8, 4) is 0 Å². The Bertz CT molecular complexity index is 634. The first-order chi connectivity index (χ1) is 19.8. The Labute approximate surface area is 249 Å². The number of rotatable bonds is 26. The summed E-state index contributed by atoms with van der Waals surface area (Å²) in [5.41, 5.74) is 0. The van der Waals surface area contributed by atoms with Gasteiger partial charge in [-0.2, -0.15) is 0 Å². The first-order valence-electron chi connectivity index (χ1n) is 17.1. The fourth-order valence-electron chi connectivity index (χ4n) is 5.26. The number of carbonyl (C=O) groups excluding carboxylic acids is 1. The van der Waals surface area contributed by atoms with Crippen molar-refractivity contribution in [1.82, 2.24) is 16.0 Å². The topological polar surface area (TPSA) is 53.2 Å². The molecule has 0 spiro atoms. The lowest BCUT2D eigenvalue weighted by Gasteiger charge is -2.26. The van der Waals surface area contributed by atoms with Crippen LogP contribution in [-0.4, -0.2) is 37.6 Å². The quantitative estimate of drug-likeness (QED) is 0.0737. The second kappa shape index (κ2) is 28.9. The summed E-state index contributed by atoms with van der Waals surface area (Å²) in [5.74, 6) is 0.189. The Balaban J connectivity index is 2.17. The summed E-state index contributed by atoms with van der Waals surface area (Å²) in [6.45, 7) is 6.93. The van der Waals surface area contributed by atoms with Crippen LogP contribution in [0.1, 0.15) is 142 Å². The van der Waals surface area contributed by atoms with Crippen molar-refractivity contribution in [2.45, 2.75) is 154 Å². The number of allylic oxidation sites excluding steroid dienone is 8. The normalized spacial score (nSPS) is 16.4. The molecule has 0 aliphatic carbocycles. The fourth-order valence-corrected chi connectivity index (χ4v) is 5.26. The monoisotopic (exact) mass is 556 g/mol. The number of hydrogen-bond acceptors (Lipinski definition) is 3. The molecule has 1 heterocycles. The van der Waals surface area contributed by atoms with Crippen LogP contribution in [0.25, 0.3) is 0 Å². The molecule has 1 atom stereocenters. The van der Waals surface area contributed by atoms with Crippen molar-refractivity contribution in [2.75, 3.05) is 19.6 Å². The van der Waals surface area contributed by atoms with Crippen molar-refractivity contribution in [2.24, 2.45) is 0 Å². The lowest BCUT2D eigenvalue weighted by atomic mass is 9.99. The minimum absolute atomic E-state index is 0.0790. The van der Waals surface area contributed by atoms with Crippen molar-refractivity contribution in [3.63, 3.8) is 0 Å². The SMILES string of the molecule is CC/C=C\C/C=C\CCCCCCCCC(CCCCCCCC/C=C\C/C=C\CC)NC(=O)C1CNCCN1. The van der Waals surface area contributed by atoms with Crippen LogP contribution in [0.5, 0.6) is 0 Å². The zero-order valence-electron chi connectivity index (χ0n) is 26.4. The number of amides is 1. The molecular formula is C36H65N3O. The fraction of sp³-hybridized carbons (Fsp3) is 0.750. The molecule has 0 radical (unpaired) electrons. The maximum absolute atomic E-state index is 12.8. The van der Waals surface area contributed by atoms with Gasteiger partial charge >= 0.3 is 0 Å². The molecule has 0 aromatic heterocycles. The van der Waals surface area contributed by atoms with Gasteiger partial charge in [0, 0.05) is 25.7 Å². The maximum atomic E-state index is 12.8. The van der Waals surface area contributed by atoms with Gasteiger partial charge in [0.15, 0.2) is 0 Å². The molecule has 1 unspecified atom stereocenters. The Morgan fingerprint density at radius 3 is 1.60 bits per heavy atom. The predicted molar refractivity (Wildman–Crippen MR) is 177 cm³/mol. The van der Waals surface area contributed by atoms with E-state index in [9.17, 15) is 4.79 Å². The summed E-state index contributed by atoms with van der Waals surface area (Å²) in [5, 5.41) is 10.1. The Hall–Kier alpha value is -1.65. The minimum Gasteiger partial charge on any atom is -0.352 e. The van der Waals surface area contributed by atoms with E-state index in [1.54, 1.807) is 0 Å². The van der Waals surface area contributed by atoms with Crippen LogP contribution in [0, 0.1) is 0 Å². The highest BCUT2D eigenvalue weighted by Gasteiger charge is 2.22. The summed E-state index contributed by atoms with van der Waals surface area (Å²) in [6, 6.07) is 0.250. The van der Waals surface area contributed by atoms with E-state index in [1.807, 2.05) is 0 Å². The average Bonchev–Trinajstić information content (AvgIpc) is 2.98. The molecule has 1 fully saturated rings. The number of piperazine rings is 1. The zero-order valence-corrected chi connectivity index (χ0v) is 26.4. The van der Waals surface area contributed by atoms with Crippen LogP contribution in [0.4, 0.5) is 0 Å². The van der Waals surface area contributed by atoms with E-state index in [-0.39, 0.29) is 11.9 Å². The van der Waals surface area contributed by atoms with Gasteiger partial charge in [-0.1, -0.05) is 127 Å². The first kappa shape index (κ1) is 36.4. The first-order valence-corrected chi connectivity index (χ1v) is 17.1. The maximum Gasteiger partial charge on any atom is 0.238 e. The van der Waals surface area contributed by atoms with Crippen LogP contribution >= 0.6 is 0 Å². The summed E-state index contributed by atoms with van der Waals surface area (Å²) >= 11 is 0. The van der Waals surface area contributed by atoms with Crippen molar-refractivity contribution in [1.29, 1.82) is 0 Å². The molecule has 4 nitrogen and oxygen atoms in total. The number of nitrogens with one attached hydrogen (secondary N) is 3. The third-order valence-corrected chi connectivity index (χ3v) is 7.73. The average molecular weight is 556 g/mol. The van der Waals surface area contributed by atoms with E-state index in [0.717, 1.165) is 58.2 Å². The van der Waals surface area contributed by atoms with Crippen molar-refractivity contribution in [3.05, 3.63) is 48.6 Å². The summed E-state index contributed by atoms with van der Waals surface area (Å²) in [7, 11) is 0. The standard InChI is InChI=1S/C36H65N3O/c1-3-5-7-9-11-13-15-17-19-21-23-25-27-29-34(39-36(40)35-33-37-31-32-38-35)30-28-26-24-22-20-18-16-14-12-10-8-6-4-2/h5-8,11-14,34-35,37-38H,3-4,9-10,15-33H2,1-2H3,(H,39,40)/b7-5-,8-6-,13-11-,14-12-. The van der Waals surface area contributed by atoms with E-state index in [4.69, 9.17) is 0 Å². The van der Waals surface area contributed by atoms with E-state index < -0.39 is 0 Å². The van der Waals surface area contributed by atoms with Crippen molar-refractivity contribution >= 4 is 5.91 Å². The molecular weight excluding hydrogens is 490 g/mol. The largest absolute Gasteiger partial charge is 0.352 e. The molecule has 3 N–H and O–H groups in total. The van der Waals surface area contributed by atoms with Crippen molar-refractivity contribution < 1.29 is 4.79 Å². The number of carbonyl (C=O) groups is 1. The Morgan fingerprint density at radius 1 is 0.650 bits per heavy atom. The van der Waals surface area contributed by atoms with Crippen LogP contribution in [0.2, 0.25) is 0 Å². The molecule has 1 saturated heterocycles. The highest BCUT2D eigenvalue weighted by atomic mass is 16.2. The second-order valence-corrected chi connectivity index (χ2v) is 11.5. The van der Waals surface area contributed by atoms with Gasteiger partial charge in [-0.25, -0.2) is 0 Å². The molecule has 0 aromatic rings. The van der Waals surface area contributed by atoms with Gasteiger partial charge in [-0.05, 0) is 64.2 Å². The predicted octanol–water partition coefficient (Wildman–Crippen LogP) is 9.10. The number of unbranched alkanes of at least 4 members (excludes halogenated alkanes) is 12. The third kappa shape index (κ3) is 23.1. The summed E-state index contributed by atoms with van der Waals surface area (Å²) < 4.78 is 0. The van der Waals surface area contributed by atoms with Gasteiger partial charge in [0.05, 0.1) is 6.04 Å². The van der Waals surface area contributed by atoms with Crippen LogP contribution in [0.3, 0.4) is 0 Å². The number of hydrogen-bond donors (Lipinski definition) is 3. The van der Waals surface area contributed by atoms with E-state index in [2.05, 4.69) is 78.4 Å². The molecule has 1 aliphatic heterocycles. The van der Waals surface area contributed by atoms with Gasteiger partial charge in [-0.15, -0.1) is 0 Å². The van der Waals surface area contributed by atoms with Gasteiger partial charge < -0.3 is 16.0 Å². The lowest BCUT2D eigenvalue weighted by molar-refractivity contribution is -0.124. The molecule has 1 rings (SSSR count). The summed E-state index contributed by atoms with van der Waals surface area (Å²) in [6.07, 6.45) is 43.0. The Kier molecular flexibility index (Phi) is 26.2. The summed E-state index contributed by atoms with van der Waals surface area (Å²) in [4.78, 5) is 12.8.